The maximum atomic E-state index is 12.7. The number of piperazine rings is 1. The van der Waals surface area contributed by atoms with Crippen LogP contribution in [0, 0.1) is 5.92 Å². The number of carbonyl (C=O) groups is 1. The normalized spacial score (nSPS) is 40.2. The van der Waals surface area contributed by atoms with Gasteiger partial charge < -0.3 is 10.6 Å². The fourth-order valence-corrected chi connectivity index (χ4v) is 4.18. The number of carbonyl (C=O) groups excluding carboxylic acids is 1. The summed E-state index contributed by atoms with van der Waals surface area (Å²) >= 11 is 0. The third kappa shape index (κ3) is 2.65. The Kier molecular flexibility index (Phi) is 3.81. The summed E-state index contributed by atoms with van der Waals surface area (Å²) in [6.07, 6.45) is 6.72. The molecular weight excluding hydrogens is 238 g/mol. The van der Waals surface area contributed by atoms with Crippen LogP contribution in [0.4, 0.5) is 0 Å². The fourth-order valence-electron chi connectivity index (χ4n) is 4.18. The molecule has 1 aliphatic carbocycles. The van der Waals surface area contributed by atoms with Gasteiger partial charge in [-0.2, -0.15) is 0 Å². The summed E-state index contributed by atoms with van der Waals surface area (Å²) in [5.41, 5.74) is 6.03. The molecule has 1 saturated carbocycles. The van der Waals surface area contributed by atoms with Crippen LogP contribution in [0.15, 0.2) is 0 Å². The molecule has 0 aromatic carbocycles. The first-order valence-corrected chi connectivity index (χ1v) is 7.95. The maximum Gasteiger partial charge on any atom is 0.226 e. The summed E-state index contributed by atoms with van der Waals surface area (Å²) in [7, 11) is 0. The SMILES string of the molecule is C[C@@H]1CN2CCC[C@@H]2CN1C(=O)[C@H]1CCC[C@@H](N)C1. The lowest BCUT2D eigenvalue weighted by atomic mass is 9.84. The molecule has 4 atom stereocenters. The van der Waals surface area contributed by atoms with Crippen molar-refractivity contribution in [3.05, 3.63) is 0 Å². The van der Waals surface area contributed by atoms with Crippen LogP contribution < -0.4 is 5.73 Å². The molecule has 2 saturated heterocycles. The topological polar surface area (TPSA) is 49.6 Å². The van der Waals surface area contributed by atoms with Crippen LogP contribution in [0.5, 0.6) is 0 Å². The zero-order valence-corrected chi connectivity index (χ0v) is 12.1. The first-order valence-electron chi connectivity index (χ1n) is 7.95. The van der Waals surface area contributed by atoms with E-state index in [0.717, 1.165) is 38.8 Å². The van der Waals surface area contributed by atoms with Crippen LogP contribution in [-0.2, 0) is 4.79 Å². The molecule has 0 radical (unpaired) electrons. The van der Waals surface area contributed by atoms with Crippen LogP contribution >= 0.6 is 0 Å². The van der Waals surface area contributed by atoms with Crippen LogP contribution in [0.2, 0.25) is 0 Å². The Bertz CT molecular complexity index is 346. The first-order chi connectivity index (χ1) is 9.15. The van der Waals surface area contributed by atoms with Crippen LogP contribution in [-0.4, -0.2) is 53.5 Å². The summed E-state index contributed by atoms with van der Waals surface area (Å²) in [5.74, 6) is 0.577. The third-order valence-corrected chi connectivity index (χ3v) is 5.28. The highest BCUT2D eigenvalue weighted by molar-refractivity contribution is 5.79. The number of rotatable bonds is 1. The van der Waals surface area contributed by atoms with E-state index in [4.69, 9.17) is 5.73 Å². The monoisotopic (exact) mass is 265 g/mol. The minimum absolute atomic E-state index is 0.194. The van der Waals surface area contributed by atoms with E-state index >= 15 is 0 Å². The highest BCUT2D eigenvalue weighted by Gasteiger charge is 2.39. The van der Waals surface area contributed by atoms with Gasteiger partial charge in [-0.15, -0.1) is 0 Å². The number of hydrogen-bond acceptors (Lipinski definition) is 3. The lowest BCUT2D eigenvalue weighted by molar-refractivity contribution is -0.142. The van der Waals surface area contributed by atoms with Gasteiger partial charge in [0, 0.05) is 37.1 Å². The zero-order chi connectivity index (χ0) is 13.4. The third-order valence-electron chi connectivity index (χ3n) is 5.28. The molecule has 3 rings (SSSR count). The lowest BCUT2D eigenvalue weighted by Crippen LogP contribution is -2.58. The van der Waals surface area contributed by atoms with Crippen LogP contribution in [0.3, 0.4) is 0 Å². The molecule has 3 aliphatic rings. The van der Waals surface area contributed by atoms with Crippen molar-refractivity contribution in [2.75, 3.05) is 19.6 Å². The molecule has 4 nitrogen and oxygen atoms in total. The molecule has 19 heavy (non-hydrogen) atoms. The molecule has 0 bridgehead atoms. The van der Waals surface area contributed by atoms with E-state index in [-0.39, 0.29) is 12.0 Å². The Labute approximate surface area is 116 Å². The Morgan fingerprint density at radius 2 is 2.00 bits per heavy atom. The van der Waals surface area contributed by atoms with Crippen molar-refractivity contribution in [1.82, 2.24) is 9.80 Å². The summed E-state index contributed by atoms with van der Waals surface area (Å²) in [4.78, 5) is 17.5. The average Bonchev–Trinajstić information content (AvgIpc) is 2.84. The second-order valence-corrected chi connectivity index (χ2v) is 6.75. The van der Waals surface area contributed by atoms with Crippen molar-refractivity contribution in [3.8, 4) is 0 Å². The number of fused-ring (bicyclic) bond motifs is 1. The van der Waals surface area contributed by atoms with Crippen LogP contribution in [0.1, 0.15) is 45.4 Å². The fraction of sp³-hybridized carbons (Fsp3) is 0.933. The van der Waals surface area contributed by atoms with Gasteiger partial charge in [0.2, 0.25) is 5.91 Å². The number of hydrogen-bond donors (Lipinski definition) is 1. The molecule has 0 spiro atoms. The van der Waals surface area contributed by atoms with Crippen molar-refractivity contribution in [2.24, 2.45) is 11.7 Å². The quantitative estimate of drug-likeness (QED) is 0.775. The highest BCUT2D eigenvalue weighted by Crippen LogP contribution is 2.29. The minimum Gasteiger partial charge on any atom is -0.337 e. The molecule has 3 fully saturated rings. The molecule has 2 N–H and O–H groups in total. The Hall–Kier alpha value is -0.610. The van der Waals surface area contributed by atoms with Gasteiger partial charge in [-0.05, 0) is 45.6 Å². The predicted molar refractivity (Wildman–Crippen MR) is 75.7 cm³/mol. The van der Waals surface area contributed by atoms with E-state index in [1.165, 1.54) is 19.4 Å². The molecule has 0 unspecified atom stereocenters. The van der Waals surface area contributed by atoms with Crippen molar-refractivity contribution in [2.45, 2.75) is 63.6 Å². The van der Waals surface area contributed by atoms with Gasteiger partial charge >= 0.3 is 0 Å². The largest absolute Gasteiger partial charge is 0.337 e. The molecular formula is C15H27N3O. The Morgan fingerprint density at radius 1 is 1.16 bits per heavy atom. The van der Waals surface area contributed by atoms with Crippen molar-refractivity contribution in [3.63, 3.8) is 0 Å². The summed E-state index contributed by atoms with van der Waals surface area (Å²) in [6.45, 7) is 5.45. The predicted octanol–water partition coefficient (Wildman–Crippen LogP) is 1.20. The minimum atomic E-state index is 0.194. The van der Waals surface area contributed by atoms with E-state index < -0.39 is 0 Å². The second-order valence-electron chi connectivity index (χ2n) is 6.75. The van der Waals surface area contributed by atoms with Crippen molar-refractivity contribution >= 4 is 5.91 Å². The van der Waals surface area contributed by atoms with E-state index in [9.17, 15) is 4.79 Å². The molecule has 0 aromatic rings. The molecule has 108 valence electrons. The van der Waals surface area contributed by atoms with E-state index in [1.807, 2.05) is 0 Å². The van der Waals surface area contributed by atoms with Gasteiger partial charge in [0.15, 0.2) is 0 Å². The Morgan fingerprint density at radius 3 is 2.79 bits per heavy atom. The standard InChI is InChI=1S/C15H27N3O/c1-11-9-17-7-3-6-14(17)10-18(11)15(19)12-4-2-5-13(16)8-12/h11-14H,2-10,16H2,1H3/t11-,12+,13-,14-/m1/s1. The zero-order valence-electron chi connectivity index (χ0n) is 12.1. The molecule has 2 heterocycles. The van der Waals surface area contributed by atoms with E-state index in [1.54, 1.807) is 0 Å². The van der Waals surface area contributed by atoms with Gasteiger partial charge in [0.1, 0.15) is 0 Å². The summed E-state index contributed by atoms with van der Waals surface area (Å²) < 4.78 is 0. The molecule has 2 aliphatic heterocycles. The van der Waals surface area contributed by atoms with Crippen molar-refractivity contribution < 1.29 is 4.79 Å². The second kappa shape index (κ2) is 5.41. The van der Waals surface area contributed by atoms with E-state index in [0.29, 0.717) is 18.0 Å². The molecule has 1 amide bonds. The van der Waals surface area contributed by atoms with Gasteiger partial charge in [-0.1, -0.05) is 6.42 Å². The first kappa shape index (κ1) is 13.4. The van der Waals surface area contributed by atoms with Gasteiger partial charge in [0.05, 0.1) is 0 Å². The number of nitrogens with zero attached hydrogens (tertiary/aromatic N) is 2. The lowest BCUT2D eigenvalue weighted by Gasteiger charge is -2.44. The number of nitrogens with two attached hydrogens (primary N) is 1. The maximum absolute atomic E-state index is 12.7. The highest BCUT2D eigenvalue weighted by atomic mass is 16.2. The van der Waals surface area contributed by atoms with Crippen LogP contribution in [0.25, 0.3) is 0 Å². The van der Waals surface area contributed by atoms with Crippen molar-refractivity contribution in [1.29, 1.82) is 0 Å². The van der Waals surface area contributed by atoms with E-state index in [2.05, 4.69) is 16.7 Å². The molecule has 0 aromatic heterocycles. The van der Waals surface area contributed by atoms with Gasteiger partial charge in [-0.25, -0.2) is 0 Å². The smallest absolute Gasteiger partial charge is 0.226 e. The summed E-state index contributed by atoms with van der Waals surface area (Å²) in [6, 6.07) is 1.24. The Balaban J connectivity index is 1.65. The van der Waals surface area contributed by atoms with Gasteiger partial charge in [-0.3, -0.25) is 9.69 Å². The number of amides is 1. The van der Waals surface area contributed by atoms with Gasteiger partial charge in [0.25, 0.3) is 0 Å². The summed E-state index contributed by atoms with van der Waals surface area (Å²) in [5, 5.41) is 0. The molecule has 4 heteroatoms. The average molecular weight is 265 g/mol.